The van der Waals surface area contributed by atoms with E-state index in [-0.39, 0.29) is 22.8 Å². The number of aromatic hydroxyl groups is 1. The molecule has 1 fully saturated rings. The molecule has 1 amide bonds. The van der Waals surface area contributed by atoms with Gasteiger partial charge in [0.15, 0.2) is 0 Å². The Labute approximate surface area is 98.2 Å². The molecule has 0 aliphatic carbocycles. The lowest BCUT2D eigenvalue weighted by atomic mass is 10.2. The summed E-state index contributed by atoms with van der Waals surface area (Å²) in [5.41, 5.74) is 0.516. The van der Waals surface area contributed by atoms with Crippen molar-refractivity contribution in [3.63, 3.8) is 0 Å². The van der Waals surface area contributed by atoms with E-state index in [1.165, 1.54) is 12.1 Å². The quantitative estimate of drug-likeness (QED) is 0.834. The summed E-state index contributed by atoms with van der Waals surface area (Å²) in [7, 11) is 0. The average Bonchev–Trinajstić information content (AvgIpc) is 2.77. The minimum absolute atomic E-state index is 0.0493. The van der Waals surface area contributed by atoms with E-state index < -0.39 is 0 Å². The minimum Gasteiger partial charge on any atom is -0.506 e. The fourth-order valence-electron chi connectivity index (χ4n) is 1.60. The first-order valence-electron chi connectivity index (χ1n) is 5.08. The van der Waals surface area contributed by atoms with Crippen LogP contribution >= 0.6 is 11.6 Å². The van der Waals surface area contributed by atoms with Crippen LogP contribution in [0.4, 0.5) is 5.69 Å². The van der Waals surface area contributed by atoms with Gasteiger partial charge >= 0.3 is 0 Å². The first-order chi connectivity index (χ1) is 7.66. The smallest absolute Gasteiger partial charge is 0.253 e. The third-order valence-electron chi connectivity index (χ3n) is 2.44. The molecular formula is C11H12ClNO3. The van der Waals surface area contributed by atoms with E-state index >= 15 is 0 Å². The molecule has 0 aromatic heterocycles. The van der Waals surface area contributed by atoms with E-state index in [1.807, 2.05) is 0 Å². The molecule has 1 atom stereocenters. The van der Waals surface area contributed by atoms with E-state index in [0.717, 1.165) is 12.8 Å². The summed E-state index contributed by atoms with van der Waals surface area (Å²) in [6.45, 7) is 0.629. The molecule has 1 unspecified atom stereocenters. The Morgan fingerprint density at radius 2 is 2.38 bits per heavy atom. The Morgan fingerprint density at radius 3 is 3.00 bits per heavy atom. The van der Waals surface area contributed by atoms with Crippen LogP contribution in [0.2, 0.25) is 5.02 Å². The molecule has 0 saturated carbocycles. The monoisotopic (exact) mass is 241 g/mol. The van der Waals surface area contributed by atoms with Gasteiger partial charge in [-0.3, -0.25) is 4.79 Å². The van der Waals surface area contributed by atoms with Crippen LogP contribution in [0, 0.1) is 0 Å². The molecule has 1 aliphatic rings. The highest BCUT2D eigenvalue weighted by atomic mass is 35.5. The van der Waals surface area contributed by atoms with Crippen molar-refractivity contribution in [1.82, 2.24) is 0 Å². The van der Waals surface area contributed by atoms with Gasteiger partial charge in [-0.05, 0) is 25.0 Å². The first-order valence-corrected chi connectivity index (χ1v) is 5.45. The number of amides is 1. The first kappa shape index (κ1) is 11.2. The van der Waals surface area contributed by atoms with Crippen molar-refractivity contribution in [1.29, 1.82) is 0 Å². The van der Waals surface area contributed by atoms with Crippen LogP contribution in [-0.4, -0.2) is 23.7 Å². The average molecular weight is 242 g/mol. The van der Waals surface area contributed by atoms with Gasteiger partial charge in [0, 0.05) is 18.4 Å². The third-order valence-corrected chi connectivity index (χ3v) is 2.76. The molecule has 86 valence electrons. The Bertz CT molecular complexity index is 402. The van der Waals surface area contributed by atoms with Crippen molar-refractivity contribution in [2.75, 3.05) is 11.9 Å². The number of rotatable bonds is 2. The molecule has 0 radical (unpaired) electrons. The fourth-order valence-corrected chi connectivity index (χ4v) is 1.72. The number of phenols is 1. The summed E-state index contributed by atoms with van der Waals surface area (Å²) < 4.78 is 5.24. The largest absolute Gasteiger partial charge is 0.506 e. The van der Waals surface area contributed by atoms with E-state index in [1.54, 1.807) is 6.07 Å². The second-order valence-electron chi connectivity index (χ2n) is 3.66. The summed E-state index contributed by atoms with van der Waals surface area (Å²) in [6, 6.07) is 4.58. The molecule has 5 heteroatoms. The third kappa shape index (κ3) is 2.46. The van der Waals surface area contributed by atoms with Crippen molar-refractivity contribution in [2.45, 2.75) is 18.9 Å². The zero-order valence-electron chi connectivity index (χ0n) is 8.57. The minimum atomic E-state index is -0.377. The zero-order valence-corrected chi connectivity index (χ0v) is 9.33. The predicted octanol–water partition coefficient (Wildman–Crippen LogP) is 2.16. The molecule has 2 rings (SSSR count). The van der Waals surface area contributed by atoms with Gasteiger partial charge in [0.25, 0.3) is 5.91 Å². The van der Waals surface area contributed by atoms with Crippen molar-refractivity contribution >= 4 is 23.2 Å². The number of carbonyl (C=O) groups excluding carboxylic acids is 1. The summed E-state index contributed by atoms with van der Waals surface area (Å²) in [4.78, 5) is 11.7. The normalized spacial score (nSPS) is 19.7. The van der Waals surface area contributed by atoms with Crippen LogP contribution in [0.15, 0.2) is 18.2 Å². The van der Waals surface area contributed by atoms with E-state index in [0.29, 0.717) is 12.3 Å². The number of benzene rings is 1. The lowest BCUT2D eigenvalue weighted by molar-refractivity contribution is -0.124. The second kappa shape index (κ2) is 4.72. The van der Waals surface area contributed by atoms with E-state index in [4.69, 9.17) is 16.3 Å². The number of phenolic OH excluding ortho intramolecular Hbond substituents is 1. The Balaban J connectivity index is 2.02. The maximum Gasteiger partial charge on any atom is 0.253 e. The molecule has 16 heavy (non-hydrogen) atoms. The van der Waals surface area contributed by atoms with Crippen LogP contribution in [-0.2, 0) is 9.53 Å². The number of hydrogen-bond acceptors (Lipinski definition) is 3. The summed E-state index contributed by atoms with van der Waals surface area (Å²) in [5, 5.41) is 12.3. The van der Waals surface area contributed by atoms with Crippen LogP contribution in [0.3, 0.4) is 0 Å². The predicted molar refractivity (Wildman–Crippen MR) is 60.7 cm³/mol. The highest BCUT2D eigenvalue weighted by molar-refractivity contribution is 6.32. The highest BCUT2D eigenvalue weighted by Gasteiger charge is 2.23. The number of carbonyl (C=O) groups is 1. The van der Waals surface area contributed by atoms with Crippen LogP contribution in [0.25, 0.3) is 0 Å². The van der Waals surface area contributed by atoms with Crippen molar-refractivity contribution in [3.05, 3.63) is 23.2 Å². The lowest BCUT2D eigenvalue weighted by Gasteiger charge is -2.10. The summed E-state index contributed by atoms with van der Waals surface area (Å²) >= 11 is 5.66. The number of halogens is 1. The summed E-state index contributed by atoms with van der Waals surface area (Å²) in [5.74, 6) is -0.231. The maximum absolute atomic E-state index is 11.7. The van der Waals surface area contributed by atoms with Gasteiger partial charge in [-0.25, -0.2) is 0 Å². The number of ether oxygens (including phenoxy) is 1. The number of hydrogen-bond donors (Lipinski definition) is 2. The molecule has 1 aromatic rings. The van der Waals surface area contributed by atoms with Gasteiger partial charge in [0.1, 0.15) is 11.9 Å². The van der Waals surface area contributed by atoms with Gasteiger partial charge in [-0.15, -0.1) is 0 Å². The van der Waals surface area contributed by atoms with Crippen molar-refractivity contribution < 1.29 is 14.6 Å². The molecular weight excluding hydrogens is 230 g/mol. The Morgan fingerprint density at radius 1 is 1.56 bits per heavy atom. The lowest BCUT2D eigenvalue weighted by Crippen LogP contribution is -2.26. The topological polar surface area (TPSA) is 58.6 Å². The molecule has 0 spiro atoms. The van der Waals surface area contributed by atoms with Crippen LogP contribution in [0.1, 0.15) is 12.8 Å². The molecule has 1 aromatic carbocycles. The van der Waals surface area contributed by atoms with Crippen molar-refractivity contribution in [3.8, 4) is 5.75 Å². The van der Waals surface area contributed by atoms with Gasteiger partial charge in [0.2, 0.25) is 0 Å². The standard InChI is InChI=1S/C11H12ClNO3/c12-8-4-3-7(6-9(8)14)13-11(15)10-2-1-5-16-10/h3-4,6,10,14H,1-2,5H2,(H,13,15). The number of anilines is 1. The Hall–Kier alpha value is -1.26. The highest BCUT2D eigenvalue weighted by Crippen LogP contribution is 2.26. The molecule has 2 N–H and O–H groups in total. The van der Waals surface area contributed by atoms with E-state index in [2.05, 4.69) is 5.32 Å². The van der Waals surface area contributed by atoms with Crippen LogP contribution in [0.5, 0.6) is 5.75 Å². The van der Waals surface area contributed by atoms with E-state index in [9.17, 15) is 9.90 Å². The van der Waals surface area contributed by atoms with Gasteiger partial charge in [-0.2, -0.15) is 0 Å². The molecule has 0 bridgehead atoms. The molecule has 1 heterocycles. The molecule has 1 aliphatic heterocycles. The summed E-state index contributed by atoms with van der Waals surface area (Å²) in [6.07, 6.45) is 1.27. The SMILES string of the molecule is O=C(Nc1ccc(Cl)c(O)c1)C1CCCO1. The van der Waals surface area contributed by atoms with Crippen molar-refractivity contribution in [2.24, 2.45) is 0 Å². The molecule has 4 nitrogen and oxygen atoms in total. The second-order valence-corrected chi connectivity index (χ2v) is 4.06. The van der Waals surface area contributed by atoms with Gasteiger partial charge < -0.3 is 15.2 Å². The molecule has 1 saturated heterocycles. The van der Waals surface area contributed by atoms with Gasteiger partial charge in [0.05, 0.1) is 5.02 Å². The number of nitrogens with one attached hydrogen (secondary N) is 1. The maximum atomic E-state index is 11.7. The zero-order chi connectivity index (χ0) is 11.5. The Kier molecular flexibility index (Phi) is 3.31. The van der Waals surface area contributed by atoms with Crippen LogP contribution < -0.4 is 5.32 Å². The van der Waals surface area contributed by atoms with Gasteiger partial charge in [-0.1, -0.05) is 11.6 Å². The fraction of sp³-hybridized carbons (Fsp3) is 0.364.